The van der Waals surface area contributed by atoms with E-state index in [4.69, 9.17) is 0 Å². The molecule has 2 aromatic carbocycles. The highest BCUT2D eigenvalue weighted by Crippen LogP contribution is 2.31. The van der Waals surface area contributed by atoms with Crippen molar-refractivity contribution in [2.75, 3.05) is 5.32 Å². The average Bonchev–Trinajstić information content (AvgIpc) is 2.94. The summed E-state index contributed by atoms with van der Waals surface area (Å²) in [5, 5.41) is 10.0. The molecular formula is C19H19BrN4O. The fourth-order valence-corrected chi connectivity index (χ4v) is 3.18. The molecule has 128 valence electrons. The van der Waals surface area contributed by atoms with Gasteiger partial charge in [-0.05, 0) is 46.1 Å². The number of aromatic nitrogens is 2. The van der Waals surface area contributed by atoms with Crippen LogP contribution in [0.1, 0.15) is 11.1 Å². The van der Waals surface area contributed by atoms with Crippen LogP contribution in [0.4, 0.5) is 10.5 Å². The van der Waals surface area contributed by atoms with Gasteiger partial charge in [-0.1, -0.05) is 36.4 Å². The van der Waals surface area contributed by atoms with Crippen molar-refractivity contribution in [2.24, 2.45) is 7.05 Å². The summed E-state index contributed by atoms with van der Waals surface area (Å²) in [6, 6.07) is 15.4. The van der Waals surface area contributed by atoms with E-state index >= 15 is 0 Å². The quantitative estimate of drug-likeness (QED) is 0.680. The summed E-state index contributed by atoms with van der Waals surface area (Å²) in [5.41, 5.74) is 4.90. The molecule has 0 unspecified atom stereocenters. The number of halogens is 1. The van der Waals surface area contributed by atoms with Gasteiger partial charge in [0, 0.05) is 24.8 Å². The molecule has 3 aromatic rings. The number of carbonyl (C=O) groups is 1. The van der Waals surface area contributed by atoms with Crippen LogP contribution in [0.15, 0.2) is 59.2 Å². The summed E-state index contributed by atoms with van der Waals surface area (Å²) in [7, 11) is 1.90. The molecular weight excluding hydrogens is 380 g/mol. The number of nitrogens with zero attached hydrogens (tertiary/aromatic N) is 2. The Morgan fingerprint density at radius 3 is 2.64 bits per heavy atom. The SMILES string of the molecule is Cc1ccc(NC(=O)NCc2ccccc2)cc1-c1c(Br)cnn1C. The lowest BCUT2D eigenvalue weighted by Crippen LogP contribution is -2.28. The second-order valence-electron chi connectivity index (χ2n) is 5.79. The fraction of sp³-hybridized carbons (Fsp3) is 0.158. The molecule has 6 heteroatoms. The van der Waals surface area contributed by atoms with Gasteiger partial charge in [-0.15, -0.1) is 0 Å². The van der Waals surface area contributed by atoms with Gasteiger partial charge in [0.05, 0.1) is 16.4 Å². The predicted octanol–water partition coefficient (Wildman–Crippen LogP) is 4.48. The standard InChI is InChI=1S/C19H19BrN4O/c1-13-8-9-15(10-16(13)18-17(20)12-22-24(18)2)23-19(25)21-11-14-6-4-3-5-7-14/h3-10,12H,11H2,1-2H3,(H2,21,23,25). The summed E-state index contributed by atoms with van der Waals surface area (Å²) in [4.78, 5) is 12.2. The second-order valence-corrected chi connectivity index (χ2v) is 6.64. The summed E-state index contributed by atoms with van der Waals surface area (Å²) >= 11 is 3.53. The minimum Gasteiger partial charge on any atom is -0.334 e. The van der Waals surface area contributed by atoms with Crippen LogP contribution < -0.4 is 10.6 Å². The summed E-state index contributed by atoms with van der Waals surface area (Å²) in [6.07, 6.45) is 1.77. The Hall–Kier alpha value is -2.60. The van der Waals surface area contributed by atoms with Crippen LogP contribution in [0.3, 0.4) is 0 Å². The minimum atomic E-state index is -0.234. The Bertz CT molecular complexity index is 870. The lowest BCUT2D eigenvalue weighted by atomic mass is 10.0. The molecule has 0 spiro atoms. The van der Waals surface area contributed by atoms with E-state index in [9.17, 15) is 4.79 Å². The van der Waals surface area contributed by atoms with Crippen molar-refractivity contribution < 1.29 is 4.79 Å². The molecule has 0 aliphatic rings. The maximum atomic E-state index is 12.2. The van der Waals surface area contributed by atoms with Gasteiger partial charge in [0.15, 0.2) is 0 Å². The van der Waals surface area contributed by atoms with Gasteiger partial charge in [0.1, 0.15) is 0 Å². The molecule has 0 bridgehead atoms. The Labute approximate surface area is 155 Å². The Kier molecular flexibility index (Phi) is 5.19. The third-order valence-electron chi connectivity index (χ3n) is 3.94. The molecule has 0 aliphatic heterocycles. The molecule has 3 rings (SSSR count). The van der Waals surface area contributed by atoms with Crippen LogP contribution in [0.2, 0.25) is 0 Å². The van der Waals surface area contributed by atoms with Gasteiger partial charge in [-0.3, -0.25) is 4.68 Å². The van der Waals surface area contributed by atoms with Crippen molar-refractivity contribution in [1.82, 2.24) is 15.1 Å². The molecule has 5 nitrogen and oxygen atoms in total. The number of hydrogen-bond donors (Lipinski definition) is 2. The van der Waals surface area contributed by atoms with Crippen LogP contribution in [-0.2, 0) is 13.6 Å². The lowest BCUT2D eigenvalue weighted by molar-refractivity contribution is 0.251. The van der Waals surface area contributed by atoms with E-state index in [1.165, 1.54) is 0 Å². The number of urea groups is 1. The molecule has 2 N–H and O–H groups in total. The maximum absolute atomic E-state index is 12.2. The molecule has 2 amide bonds. The smallest absolute Gasteiger partial charge is 0.319 e. The first-order valence-corrected chi connectivity index (χ1v) is 8.71. The van der Waals surface area contributed by atoms with E-state index in [1.54, 1.807) is 6.20 Å². The Morgan fingerprint density at radius 1 is 1.20 bits per heavy atom. The van der Waals surface area contributed by atoms with Crippen LogP contribution in [0.5, 0.6) is 0 Å². The van der Waals surface area contributed by atoms with Gasteiger partial charge in [0.25, 0.3) is 0 Å². The first kappa shape index (κ1) is 17.2. The number of carbonyl (C=O) groups excluding carboxylic acids is 1. The zero-order valence-electron chi connectivity index (χ0n) is 14.1. The molecule has 1 heterocycles. The van der Waals surface area contributed by atoms with Gasteiger partial charge < -0.3 is 10.6 Å². The molecule has 0 radical (unpaired) electrons. The highest BCUT2D eigenvalue weighted by Gasteiger charge is 2.13. The number of amides is 2. The van der Waals surface area contributed by atoms with Crippen LogP contribution in [-0.4, -0.2) is 15.8 Å². The molecule has 0 fully saturated rings. The lowest BCUT2D eigenvalue weighted by Gasteiger charge is -2.12. The zero-order valence-corrected chi connectivity index (χ0v) is 15.7. The average molecular weight is 399 g/mol. The zero-order chi connectivity index (χ0) is 17.8. The van der Waals surface area contributed by atoms with Crippen molar-refractivity contribution in [2.45, 2.75) is 13.5 Å². The van der Waals surface area contributed by atoms with Gasteiger partial charge >= 0.3 is 6.03 Å². The molecule has 0 saturated heterocycles. The molecule has 0 aliphatic carbocycles. The van der Waals surface area contributed by atoms with E-state index in [0.717, 1.165) is 32.5 Å². The first-order valence-electron chi connectivity index (χ1n) is 7.92. The summed E-state index contributed by atoms with van der Waals surface area (Å²) < 4.78 is 2.73. The molecule has 0 atom stereocenters. The minimum absolute atomic E-state index is 0.234. The highest BCUT2D eigenvalue weighted by atomic mass is 79.9. The van der Waals surface area contributed by atoms with Gasteiger partial charge in [-0.2, -0.15) is 5.10 Å². The highest BCUT2D eigenvalue weighted by molar-refractivity contribution is 9.10. The monoisotopic (exact) mass is 398 g/mol. The number of aryl methyl sites for hydroxylation is 2. The number of nitrogens with one attached hydrogen (secondary N) is 2. The Balaban J connectivity index is 1.73. The Morgan fingerprint density at radius 2 is 1.96 bits per heavy atom. The van der Waals surface area contributed by atoms with Crippen LogP contribution in [0.25, 0.3) is 11.3 Å². The predicted molar refractivity (Wildman–Crippen MR) is 103 cm³/mol. The summed E-state index contributed by atoms with van der Waals surface area (Å²) in [5.74, 6) is 0. The van der Waals surface area contributed by atoms with Crippen molar-refractivity contribution in [3.63, 3.8) is 0 Å². The van der Waals surface area contributed by atoms with E-state index < -0.39 is 0 Å². The summed E-state index contributed by atoms with van der Waals surface area (Å²) in [6.45, 7) is 2.52. The largest absolute Gasteiger partial charge is 0.334 e. The van der Waals surface area contributed by atoms with E-state index in [2.05, 4.69) is 31.7 Å². The third-order valence-corrected chi connectivity index (χ3v) is 4.52. The normalized spacial score (nSPS) is 10.5. The van der Waals surface area contributed by atoms with Crippen molar-refractivity contribution in [3.05, 3.63) is 70.3 Å². The van der Waals surface area contributed by atoms with E-state index in [-0.39, 0.29) is 6.03 Å². The van der Waals surface area contributed by atoms with Crippen molar-refractivity contribution in [1.29, 1.82) is 0 Å². The topological polar surface area (TPSA) is 59.0 Å². The van der Waals surface area contributed by atoms with Gasteiger partial charge in [0.2, 0.25) is 0 Å². The molecule has 1 aromatic heterocycles. The molecule has 25 heavy (non-hydrogen) atoms. The first-order chi connectivity index (χ1) is 12.0. The number of hydrogen-bond acceptors (Lipinski definition) is 2. The number of anilines is 1. The van der Waals surface area contributed by atoms with Crippen LogP contribution >= 0.6 is 15.9 Å². The van der Waals surface area contributed by atoms with Crippen molar-refractivity contribution in [3.8, 4) is 11.3 Å². The van der Waals surface area contributed by atoms with Crippen LogP contribution in [0, 0.1) is 6.92 Å². The van der Waals surface area contributed by atoms with Crippen molar-refractivity contribution >= 4 is 27.6 Å². The maximum Gasteiger partial charge on any atom is 0.319 e. The van der Waals surface area contributed by atoms with E-state index in [1.807, 2.05) is 67.2 Å². The van der Waals surface area contributed by atoms with Gasteiger partial charge in [-0.25, -0.2) is 4.79 Å². The number of rotatable bonds is 4. The number of benzene rings is 2. The fourth-order valence-electron chi connectivity index (χ4n) is 2.62. The third kappa shape index (κ3) is 4.09. The second kappa shape index (κ2) is 7.53. The molecule has 0 saturated carbocycles. The van der Waals surface area contributed by atoms with E-state index in [0.29, 0.717) is 6.54 Å².